The highest BCUT2D eigenvalue weighted by atomic mass is 16.5. The Morgan fingerprint density at radius 2 is 2.09 bits per heavy atom. The van der Waals surface area contributed by atoms with Gasteiger partial charge in [-0.2, -0.15) is 4.79 Å². The highest BCUT2D eigenvalue weighted by molar-refractivity contribution is 6.25. The molecule has 0 radical (unpaired) electrons. The molecule has 0 aliphatic carbocycles. The van der Waals surface area contributed by atoms with Gasteiger partial charge in [-0.05, 0) is 12.5 Å². The molecule has 0 aromatic carbocycles. The number of aliphatic carboxylic acids is 1. The van der Waals surface area contributed by atoms with Crippen LogP contribution in [0.4, 0.5) is 0 Å². The highest BCUT2D eigenvalue weighted by Gasteiger charge is 2.28. The molecule has 0 fully saturated rings. The van der Waals surface area contributed by atoms with E-state index in [4.69, 9.17) is 15.4 Å². The minimum absolute atomic E-state index is 0.0835. The van der Waals surface area contributed by atoms with E-state index in [0.29, 0.717) is 6.21 Å². The van der Waals surface area contributed by atoms with Crippen molar-refractivity contribution >= 4 is 23.9 Å². The van der Waals surface area contributed by atoms with Gasteiger partial charge in [-0.3, -0.25) is 9.59 Å². The second-order valence-corrected chi connectivity index (χ2v) is 4.37. The number of ether oxygens (including phenoxy) is 1. The number of Topliss-reactive ketones (excluding diaryl/α,β-unsaturated/α-hetero) is 1. The van der Waals surface area contributed by atoms with E-state index < -0.39 is 29.8 Å². The number of nitrogens with one attached hydrogen (secondary N) is 1. The van der Waals surface area contributed by atoms with Crippen LogP contribution in [0.15, 0.2) is 18.5 Å². The van der Waals surface area contributed by atoms with Gasteiger partial charge in [0.25, 0.3) is 5.91 Å². The molecule has 1 rings (SSSR count). The third-order valence-corrected chi connectivity index (χ3v) is 2.79. The number of ketones is 1. The molecule has 0 unspecified atom stereocenters. The molecule has 1 heterocycles. The number of nitrogens with zero attached hydrogens (tertiary/aromatic N) is 4. The molecule has 23 heavy (non-hydrogen) atoms. The summed E-state index contributed by atoms with van der Waals surface area (Å²) in [7, 11) is 1.26. The van der Waals surface area contributed by atoms with E-state index in [-0.39, 0.29) is 18.7 Å². The zero-order chi connectivity index (χ0) is 17.2. The summed E-state index contributed by atoms with van der Waals surface area (Å²) in [6, 6.07) is 0.252. The molecule has 1 aromatic rings. The number of carbonyl (C=O) groups is 3. The number of carbonyl (C=O) groups excluding carboxylic acids is 2. The molecule has 0 aliphatic rings. The van der Waals surface area contributed by atoms with Crippen LogP contribution in [-0.4, -0.2) is 56.9 Å². The van der Waals surface area contributed by atoms with Crippen LogP contribution in [0, 0.1) is 0 Å². The number of rotatable bonds is 9. The van der Waals surface area contributed by atoms with Gasteiger partial charge in [0, 0.05) is 25.9 Å². The van der Waals surface area contributed by atoms with Crippen LogP contribution in [0.1, 0.15) is 24.8 Å². The molecule has 0 bridgehead atoms. The number of aromatic nitrogens is 2. The summed E-state index contributed by atoms with van der Waals surface area (Å²) in [6.45, 7) is 0. The molecule has 0 spiro atoms. The monoisotopic (exact) mass is 321 g/mol. The van der Waals surface area contributed by atoms with Gasteiger partial charge < -0.3 is 20.7 Å². The molecule has 0 aliphatic heterocycles. The van der Waals surface area contributed by atoms with Crippen LogP contribution < -0.4 is 5.32 Å². The summed E-state index contributed by atoms with van der Waals surface area (Å²) in [5.41, 5.74) is 8.22. The molecule has 1 aromatic heterocycles. The first-order valence-electron chi connectivity index (χ1n) is 6.52. The SMILES string of the molecule is CO[C@H](C(=O)N[C@@H](CCC(=O)C=[N+]=[N-])C(=O)O)c1ncccn1. The molecule has 2 atom stereocenters. The van der Waals surface area contributed by atoms with E-state index in [9.17, 15) is 14.4 Å². The lowest BCUT2D eigenvalue weighted by Crippen LogP contribution is -2.44. The average molecular weight is 321 g/mol. The average Bonchev–Trinajstić information content (AvgIpc) is 2.53. The summed E-state index contributed by atoms with van der Waals surface area (Å²) >= 11 is 0. The molecule has 10 nitrogen and oxygen atoms in total. The maximum absolute atomic E-state index is 12.1. The Morgan fingerprint density at radius 3 is 2.61 bits per heavy atom. The van der Waals surface area contributed by atoms with Gasteiger partial charge in [-0.15, -0.1) is 0 Å². The van der Waals surface area contributed by atoms with E-state index in [2.05, 4.69) is 20.1 Å². The summed E-state index contributed by atoms with van der Waals surface area (Å²) in [5.74, 6) is -2.53. The fraction of sp³-hybridized carbons (Fsp3) is 0.385. The van der Waals surface area contributed by atoms with Gasteiger partial charge in [-0.1, -0.05) is 0 Å². The molecule has 2 N–H and O–H groups in total. The van der Waals surface area contributed by atoms with Crippen LogP contribution in [-0.2, 0) is 19.1 Å². The Hall–Kier alpha value is -2.97. The summed E-state index contributed by atoms with van der Waals surface area (Å²) < 4.78 is 4.99. The Morgan fingerprint density at radius 1 is 1.43 bits per heavy atom. The number of hydrogen-bond donors (Lipinski definition) is 2. The molecular weight excluding hydrogens is 306 g/mol. The number of methoxy groups -OCH3 is 1. The van der Waals surface area contributed by atoms with Crippen molar-refractivity contribution in [1.82, 2.24) is 15.3 Å². The standard InChI is InChI=1S/C13H15N5O5/c1-23-10(11-15-5-2-6-16-11)12(20)18-9(13(21)22)4-3-8(19)7-17-14/h2,5-7,9-10H,3-4H2,1H3,(H,18,20)(H,21,22)/t9-,10-/m0/s1. The van der Waals surface area contributed by atoms with Crippen LogP contribution in [0.5, 0.6) is 0 Å². The maximum Gasteiger partial charge on any atom is 0.326 e. The van der Waals surface area contributed by atoms with Gasteiger partial charge in [0.05, 0.1) is 0 Å². The number of amides is 1. The first-order chi connectivity index (χ1) is 11.0. The zero-order valence-electron chi connectivity index (χ0n) is 12.2. The molecule has 10 heteroatoms. The van der Waals surface area contributed by atoms with Crippen molar-refractivity contribution in [2.24, 2.45) is 0 Å². The van der Waals surface area contributed by atoms with E-state index in [0.717, 1.165) is 0 Å². The number of carboxylic acid groups (broad SMARTS) is 1. The minimum atomic E-state index is -1.31. The fourth-order valence-electron chi connectivity index (χ4n) is 1.70. The van der Waals surface area contributed by atoms with E-state index in [1.54, 1.807) is 6.07 Å². The van der Waals surface area contributed by atoms with Crippen molar-refractivity contribution in [3.63, 3.8) is 0 Å². The van der Waals surface area contributed by atoms with Crippen molar-refractivity contribution in [1.29, 1.82) is 0 Å². The number of hydrogen-bond acceptors (Lipinski definition) is 6. The lowest BCUT2D eigenvalue weighted by molar-refractivity contribution is -0.144. The Labute approximate surface area is 131 Å². The Balaban J connectivity index is 2.74. The highest BCUT2D eigenvalue weighted by Crippen LogP contribution is 2.12. The largest absolute Gasteiger partial charge is 0.480 e. The van der Waals surface area contributed by atoms with Crippen molar-refractivity contribution in [2.75, 3.05) is 7.11 Å². The smallest absolute Gasteiger partial charge is 0.326 e. The minimum Gasteiger partial charge on any atom is -0.480 e. The van der Waals surface area contributed by atoms with Crippen molar-refractivity contribution in [3.05, 3.63) is 29.8 Å². The summed E-state index contributed by atoms with van der Waals surface area (Å²) in [5, 5.41) is 11.4. The van der Waals surface area contributed by atoms with E-state index in [1.165, 1.54) is 19.5 Å². The Kier molecular flexibility index (Phi) is 7.18. The lowest BCUT2D eigenvalue weighted by Gasteiger charge is -2.18. The first-order valence-corrected chi connectivity index (χ1v) is 6.52. The van der Waals surface area contributed by atoms with Gasteiger partial charge in [-0.25, -0.2) is 14.8 Å². The third kappa shape index (κ3) is 5.73. The van der Waals surface area contributed by atoms with Crippen molar-refractivity contribution < 1.29 is 29.0 Å². The fourth-order valence-corrected chi connectivity index (χ4v) is 1.70. The normalized spacial score (nSPS) is 12.6. The van der Waals surface area contributed by atoms with Crippen LogP contribution >= 0.6 is 0 Å². The topological polar surface area (TPSA) is 155 Å². The van der Waals surface area contributed by atoms with E-state index in [1.807, 2.05) is 0 Å². The predicted octanol–water partition coefficient (Wildman–Crippen LogP) is -0.617. The quantitative estimate of drug-likeness (QED) is 0.349. The second-order valence-electron chi connectivity index (χ2n) is 4.37. The first kappa shape index (κ1) is 18.1. The summed E-state index contributed by atoms with van der Waals surface area (Å²) in [6.07, 6.45) is 1.95. The van der Waals surface area contributed by atoms with Crippen LogP contribution in [0.2, 0.25) is 0 Å². The molecular formula is C13H15N5O5. The third-order valence-electron chi connectivity index (χ3n) is 2.79. The van der Waals surface area contributed by atoms with Crippen molar-refractivity contribution in [2.45, 2.75) is 25.0 Å². The van der Waals surface area contributed by atoms with Crippen molar-refractivity contribution in [3.8, 4) is 0 Å². The Bertz CT molecular complexity index is 614. The lowest BCUT2D eigenvalue weighted by atomic mass is 10.1. The maximum atomic E-state index is 12.1. The van der Waals surface area contributed by atoms with Gasteiger partial charge >= 0.3 is 12.2 Å². The van der Waals surface area contributed by atoms with Crippen LogP contribution in [0.25, 0.3) is 5.53 Å². The van der Waals surface area contributed by atoms with E-state index >= 15 is 0 Å². The van der Waals surface area contributed by atoms with Crippen LogP contribution in [0.3, 0.4) is 0 Å². The van der Waals surface area contributed by atoms with Gasteiger partial charge in [0.1, 0.15) is 6.04 Å². The molecule has 0 saturated carbocycles. The van der Waals surface area contributed by atoms with Gasteiger partial charge in [0.2, 0.25) is 5.78 Å². The summed E-state index contributed by atoms with van der Waals surface area (Å²) in [4.78, 5) is 44.8. The molecule has 1 amide bonds. The predicted molar refractivity (Wildman–Crippen MR) is 75.3 cm³/mol. The second kappa shape index (κ2) is 9.13. The molecule has 122 valence electrons. The van der Waals surface area contributed by atoms with Gasteiger partial charge in [0.15, 0.2) is 11.9 Å². The number of carboxylic acids is 1. The molecule has 0 saturated heterocycles. The zero-order valence-corrected chi connectivity index (χ0v) is 12.2.